The van der Waals surface area contributed by atoms with Crippen LogP contribution in [0.4, 0.5) is 0 Å². The van der Waals surface area contributed by atoms with Crippen molar-refractivity contribution in [3.8, 4) is 0 Å². The molecule has 1 rings (SSSR count). The van der Waals surface area contributed by atoms with Crippen LogP contribution in [0.5, 0.6) is 0 Å². The van der Waals surface area contributed by atoms with Gasteiger partial charge in [0.15, 0.2) is 0 Å². The fourth-order valence-corrected chi connectivity index (χ4v) is 3.58. The van der Waals surface area contributed by atoms with E-state index in [9.17, 15) is 0 Å². The fourth-order valence-electron chi connectivity index (χ4n) is 1.07. The molecular weight excluding hydrogens is 199 g/mol. The Balaban J connectivity index is 2.66. The third kappa shape index (κ3) is 3.59. The van der Waals surface area contributed by atoms with Crippen molar-refractivity contribution >= 4 is 12.8 Å². The number of hydrogen-bond acceptors (Lipinski definition) is 0. The van der Waals surface area contributed by atoms with Crippen molar-refractivity contribution < 1.29 is 0 Å². The normalized spacial score (nSPS) is 13.0. The van der Waals surface area contributed by atoms with Crippen LogP contribution in [0.1, 0.15) is 5.56 Å². The summed E-state index contributed by atoms with van der Waals surface area (Å²) in [6.45, 7) is 0. The summed E-state index contributed by atoms with van der Waals surface area (Å²) in [4.78, 5) is 0. The SMILES string of the molecule is C[Se](C)(C)Cc1ccccc1. The molecule has 0 radical (unpaired) electrons. The number of benzene rings is 1. The molecule has 1 heteroatoms. The van der Waals surface area contributed by atoms with Crippen molar-refractivity contribution in [2.45, 2.75) is 22.8 Å². The Kier molecular flexibility index (Phi) is 2.75. The van der Waals surface area contributed by atoms with E-state index >= 15 is 0 Å². The molecule has 0 aliphatic rings. The third-order valence-corrected chi connectivity index (χ3v) is 3.96. The second kappa shape index (κ2) is 3.42. The van der Waals surface area contributed by atoms with Crippen LogP contribution >= 0.6 is 0 Å². The first-order valence-electron chi connectivity index (χ1n) is 3.78. The maximum absolute atomic E-state index is 2.42. The second-order valence-corrected chi connectivity index (χ2v) is 13.1. The Labute approximate surface area is 71.9 Å². The van der Waals surface area contributed by atoms with Gasteiger partial charge in [0.1, 0.15) is 0 Å². The van der Waals surface area contributed by atoms with E-state index in [4.69, 9.17) is 0 Å². The molecule has 0 saturated heterocycles. The molecule has 62 valence electrons. The molecule has 0 aliphatic carbocycles. The first-order chi connectivity index (χ1) is 5.08. The van der Waals surface area contributed by atoms with Gasteiger partial charge in [-0.2, -0.15) is 0 Å². The second-order valence-electron chi connectivity index (χ2n) is 3.72. The molecule has 1 aromatic rings. The summed E-state index contributed by atoms with van der Waals surface area (Å²) in [6.07, 6.45) is 0. The molecule has 0 spiro atoms. The first-order valence-corrected chi connectivity index (χ1v) is 10.1. The van der Waals surface area contributed by atoms with E-state index in [0.29, 0.717) is 0 Å². The van der Waals surface area contributed by atoms with Crippen LogP contribution in [0.25, 0.3) is 0 Å². The van der Waals surface area contributed by atoms with Gasteiger partial charge in [0, 0.05) is 0 Å². The van der Waals surface area contributed by atoms with Crippen molar-refractivity contribution in [1.29, 1.82) is 0 Å². The molecule has 11 heavy (non-hydrogen) atoms. The maximum atomic E-state index is 2.42. The van der Waals surface area contributed by atoms with Gasteiger partial charge in [-0.1, -0.05) is 0 Å². The predicted octanol–water partition coefficient (Wildman–Crippen LogP) is 3.11. The van der Waals surface area contributed by atoms with Crippen LogP contribution in [0.2, 0.25) is 17.5 Å². The minimum atomic E-state index is -1.06. The summed E-state index contributed by atoms with van der Waals surface area (Å²) in [6, 6.07) is 10.8. The van der Waals surface area contributed by atoms with Crippen LogP contribution in [0.3, 0.4) is 0 Å². The van der Waals surface area contributed by atoms with E-state index in [1.807, 2.05) is 0 Å². The van der Waals surface area contributed by atoms with Gasteiger partial charge in [-0.15, -0.1) is 0 Å². The van der Waals surface area contributed by atoms with Gasteiger partial charge in [-0.05, 0) is 0 Å². The molecule has 0 nitrogen and oxygen atoms in total. The van der Waals surface area contributed by atoms with E-state index in [-0.39, 0.29) is 0 Å². The number of rotatable bonds is 2. The molecule has 0 aliphatic heterocycles. The fraction of sp³-hybridized carbons (Fsp3) is 0.400. The van der Waals surface area contributed by atoms with Crippen molar-refractivity contribution in [2.24, 2.45) is 0 Å². The van der Waals surface area contributed by atoms with E-state index in [1.165, 1.54) is 10.9 Å². The topological polar surface area (TPSA) is 0 Å². The average Bonchev–Trinajstić information content (AvgIpc) is 1.85. The van der Waals surface area contributed by atoms with Crippen LogP contribution in [-0.4, -0.2) is 12.8 Å². The zero-order valence-corrected chi connectivity index (χ0v) is 9.22. The molecule has 0 atom stereocenters. The van der Waals surface area contributed by atoms with Crippen molar-refractivity contribution in [2.75, 3.05) is 0 Å². The van der Waals surface area contributed by atoms with E-state index in [2.05, 4.69) is 47.8 Å². The standard InChI is InChI=1S/C10H16Se/c1-11(2,3)9-10-7-5-4-6-8-10/h4-8H,9H2,1-3H3. The van der Waals surface area contributed by atoms with E-state index < -0.39 is 12.8 Å². The molecule has 0 fully saturated rings. The van der Waals surface area contributed by atoms with Gasteiger partial charge < -0.3 is 0 Å². The predicted molar refractivity (Wildman–Crippen MR) is 53.5 cm³/mol. The zero-order valence-electron chi connectivity index (χ0n) is 7.50. The Morgan fingerprint density at radius 1 is 1.00 bits per heavy atom. The Morgan fingerprint density at radius 3 is 2.00 bits per heavy atom. The molecule has 0 aromatic heterocycles. The first kappa shape index (κ1) is 8.83. The molecule has 0 unspecified atom stereocenters. The van der Waals surface area contributed by atoms with Crippen LogP contribution in [0, 0.1) is 0 Å². The van der Waals surface area contributed by atoms with E-state index in [1.54, 1.807) is 0 Å². The van der Waals surface area contributed by atoms with E-state index in [0.717, 1.165) is 0 Å². The van der Waals surface area contributed by atoms with Gasteiger partial charge in [0.2, 0.25) is 0 Å². The van der Waals surface area contributed by atoms with Crippen LogP contribution in [-0.2, 0) is 5.32 Å². The van der Waals surface area contributed by atoms with Gasteiger partial charge in [-0.3, -0.25) is 0 Å². The molecule has 1 aromatic carbocycles. The Hall–Kier alpha value is -0.261. The summed E-state index contributed by atoms with van der Waals surface area (Å²) < 4.78 is 0. The van der Waals surface area contributed by atoms with Crippen molar-refractivity contribution in [3.05, 3.63) is 35.9 Å². The molecular formula is C10H16Se. The summed E-state index contributed by atoms with van der Waals surface area (Å²) >= 11 is -1.06. The quantitative estimate of drug-likeness (QED) is 0.665. The minimum absolute atomic E-state index is 1.06. The van der Waals surface area contributed by atoms with Gasteiger partial charge in [-0.25, -0.2) is 0 Å². The van der Waals surface area contributed by atoms with Crippen LogP contribution in [0.15, 0.2) is 30.3 Å². The Morgan fingerprint density at radius 2 is 1.55 bits per heavy atom. The zero-order chi connectivity index (χ0) is 8.32. The van der Waals surface area contributed by atoms with Crippen molar-refractivity contribution in [1.82, 2.24) is 0 Å². The van der Waals surface area contributed by atoms with Crippen LogP contribution < -0.4 is 0 Å². The average molecular weight is 215 g/mol. The molecule has 0 saturated carbocycles. The third-order valence-electron chi connectivity index (χ3n) is 1.44. The molecule has 0 N–H and O–H groups in total. The molecule has 0 bridgehead atoms. The summed E-state index contributed by atoms with van der Waals surface area (Å²) in [5.41, 5.74) is 1.50. The molecule has 0 amide bonds. The monoisotopic (exact) mass is 216 g/mol. The summed E-state index contributed by atoms with van der Waals surface area (Å²) in [5, 5.41) is 1.32. The van der Waals surface area contributed by atoms with Gasteiger partial charge in [0.05, 0.1) is 0 Å². The van der Waals surface area contributed by atoms with Crippen molar-refractivity contribution in [3.63, 3.8) is 0 Å². The number of hydrogen-bond donors (Lipinski definition) is 0. The summed E-state index contributed by atoms with van der Waals surface area (Å²) in [7, 11) is 0. The van der Waals surface area contributed by atoms with Gasteiger partial charge in [0.25, 0.3) is 0 Å². The summed E-state index contributed by atoms with van der Waals surface area (Å²) in [5.74, 6) is 7.26. The van der Waals surface area contributed by atoms with Gasteiger partial charge >= 0.3 is 71.5 Å². The molecule has 0 heterocycles. The Bertz CT molecular complexity index is 208.